The number of nitrogens with zero attached hydrogens (tertiary/aromatic N) is 2. The van der Waals surface area contributed by atoms with Crippen LogP contribution < -0.4 is 5.73 Å². The van der Waals surface area contributed by atoms with Gasteiger partial charge in [0.05, 0.1) is 10.6 Å². The molecule has 1 aromatic rings. The second-order valence-corrected chi connectivity index (χ2v) is 7.53. The van der Waals surface area contributed by atoms with Crippen LogP contribution in [0.3, 0.4) is 0 Å². The molecule has 0 radical (unpaired) electrons. The molecule has 0 saturated carbocycles. The molecule has 22 heavy (non-hydrogen) atoms. The summed E-state index contributed by atoms with van der Waals surface area (Å²) in [6.07, 6.45) is 1.44. The minimum absolute atomic E-state index is 0.0516. The molecular weight excluding hydrogens is 326 g/mol. The zero-order chi connectivity index (χ0) is 16.3. The van der Waals surface area contributed by atoms with Crippen molar-refractivity contribution >= 4 is 27.5 Å². The van der Waals surface area contributed by atoms with E-state index < -0.39 is 10.0 Å². The van der Waals surface area contributed by atoms with Crippen molar-refractivity contribution in [1.29, 1.82) is 5.26 Å². The summed E-state index contributed by atoms with van der Waals surface area (Å²) < 4.78 is 26.6. The van der Waals surface area contributed by atoms with Gasteiger partial charge in [-0.2, -0.15) is 9.57 Å². The van der Waals surface area contributed by atoms with Gasteiger partial charge in [0.15, 0.2) is 0 Å². The SMILES string of the molecule is N#Cc1cccc(S(=O)(=O)N2CCC(CC(N)=O)CC2)c1Cl. The summed E-state index contributed by atoms with van der Waals surface area (Å²) in [6, 6.07) is 6.24. The average Bonchev–Trinajstić information content (AvgIpc) is 2.47. The molecule has 8 heteroatoms. The average molecular weight is 342 g/mol. The van der Waals surface area contributed by atoms with Gasteiger partial charge >= 0.3 is 0 Å². The Labute approximate surface area is 134 Å². The second kappa shape index (κ2) is 6.65. The molecule has 6 nitrogen and oxygen atoms in total. The Morgan fingerprint density at radius 1 is 1.41 bits per heavy atom. The first kappa shape index (κ1) is 16.7. The Morgan fingerprint density at radius 3 is 2.59 bits per heavy atom. The number of hydrogen-bond donors (Lipinski definition) is 1. The third-order valence-electron chi connectivity index (χ3n) is 3.76. The van der Waals surface area contributed by atoms with Crippen LogP contribution in [-0.2, 0) is 14.8 Å². The number of nitriles is 1. The fraction of sp³-hybridized carbons (Fsp3) is 0.429. The number of carbonyl (C=O) groups is 1. The highest BCUT2D eigenvalue weighted by Gasteiger charge is 2.31. The molecule has 0 spiro atoms. The van der Waals surface area contributed by atoms with E-state index in [0.29, 0.717) is 25.9 Å². The zero-order valence-electron chi connectivity index (χ0n) is 11.8. The lowest BCUT2D eigenvalue weighted by molar-refractivity contribution is -0.119. The second-order valence-electron chi connectivity index (χ2n) is 5.25. The van der Waals surface area contributed by atoms with Gasteiger partial charge in [-0.05, 0) is 30.9 Å². The summed E-state index contributed by atoms with van der Waals surface area (Å²) in [5.41, 5.74) is 5.30. The Kier molecular flexibility index (Phi) is 5.06. The van der Waals surface area contributed by atoms with E-state index in [0.717, 1.165) is 0 Å². The number of rotatable bonds is 4. The standard InChI is InChI=1S/C14H16ClN3O3S/c15-14-11(9-16)2-1-3-12(14)22(20,21)18-6-4-10(5-7-18)8-13(17)19/h1-3,10H,4-8H2,(H2,17,19). The minimum Gasteiger partial charge on any atom is -0.370 e. The van der Waals surface area contributed by atoms with Crippen molar-refractivity contribution in [2.45, 2.75) is 24.2 Å². The first-order valence-electron chi connectivity index (χ1n) is 6.83. The van der Waals surface area contributed by atoms with Crippen LogP contribution in [-0.4, -0.2) is 31.7 Å². The van der Waals surface area contributed by atoms with Gasteiger partial charge in [0.1, 0.15) is 11.0 Å². The molecule has 1 aliphatic heterocycles. The molecule has 1 saturated heterocycles. The Hall–Kier alpha value is -1.62. The van der Waals surface area contributed by atoms with Crippen LogP contribution in [0.4, 0.5) is 0 Å². The number of piperidine rings is 1. The summed E-state index contributed by atoms with van der Waals surface area (Å²) in [5, 5.41) is 8.90. The maximum absolute atomic E-state index is 12.6. The van der Waals surface area contributed by atoms with E-state index in [9.17, 15) is 13.2 Å². The molecule has 1 heterocycles. The Balaban J connectivity index is 2.20. The van der Waals surface area contributed by atoms with Crippen LogP contribution in [0.25, 0.3) is 0 Å². The lowest BCUT2D eigenvalue weighted by atomic mass is 9.94. The summed E-state index contributed by atoms with van der Waals surface area (Å²) in [4.78, 5) is 10.9. The molecule has 0 aliphatic carbocycles. The molecule has 2 rings (SSSR count). The predicted octanol–water partition coefficient (Wildman–Crippen LogP) is 1.49. The van der Waals surface area contributed by atoms with Gasteiger partial charge in [0.2, 0.25) is 15.9 Å². The quantitative estimate of drug-likeness (QED) is 0.895. The molecule has 0 unspecified atom stereocenters. The van der Waals surface area contributed by atoms with Crippen molar-refractivity contribution in [3.8, 4) is 6.07 Å². The Morgan fingerprint density at radius 2 is 2.05 bits per heavy atom. The highest BCUT2D eigenvalue weighted by Crippen LogP contribution is 2.30. The number of nitrogens with two attached hydrogens (primary N) is 1. The van der Waals surface area contributed by atoms with Gasteiger partial charge in [-0.15, -0.1) is 0 Å². The monoisotopic (exact) mass is 341 g/mol. The van der Waals surface area contributed by atoms with Gasteiger partial charge in [0.25, 0.3) is 0 Å². The van der Waals surface area contributed by atoms with E-state index >= 15 is 0 Å². The van der Waals surface area contributed by atoms with Crippen LogP contribution in [0.1, 0.15) is 24.8 Å². The minimum atomic E-state index is -3.74. The molecule has 1 amide bonds. The molecular formula is C14H16ClN3O3S. The number of hydrogen-bond acceptors (Lipinski definition) is 4. The van der Waals surface area contributed by atoms with Gasteiger partial charge in [0, 0.05) is 19.5 Å². The van der Waals surface area contributed by atoms with Crippen LogP contribution >= 0.6 is 11.6 Å². The van der Waals surface area contributed by atoms with Gasteiger partial charge < -0.3 is 5.73 Å². The Bertz CT molecular complexity index is 719. The third-order valence-corrected chi connectivity index (χ3v) is 6.23. The molecule has 2 N–H and O–H groups in total. The summed E-state index contributed by atoms with van der Waals surface area (Å²) in [5.74, 6) is -0.254. The molecule has 1 aromatic carbocycles. The lowest BCUT2D eigenvalue weighted by Gasteiger charge is -2.30. The van der Waals surface area contributed by atoms with Crippen LogP contribution in [0.2, 0.25) is 5.02 Å². The van der Waals surface area contributed by atoms with Gasteiger partial charge in [-0.1, -0.05) is 17.7 Å². The molecule has 1 aliphatic rings. The van der Waals surface area contributed by atoms with E-state index in [-0.39, 0.29) is 33.7 Å². The fourth-order valence-corrected chi connectivity index (χ4v) is 4.59. The molecule has 1 fully saturated rings. The van der Waals surface area contributed by atoms with Gasteiger partial charge in [-0.3, -0.25) is 4.79 Å². The normalized spacial score (nSPS) is 17.1. The molecule has 0 bridgehead atoms. The number of sulfonamides is 1. The number of amides is 1. The van der Waals surface area contributed by atoms with Crippen molar-refractivity contribution < 1.29 is 13.2 Å². The van der Waals surface area contributed by atoms with Crippen molar-refractivity contribution in [2.24, 2.45) is 11.7 Å². The third kappa shape index (κ3) is 3.40. The number of halogens is 1. The van der Waals surface area contributed by atoms with E-state index in [1.54, 1.807) is 0 Å². The predicted molar refractivity (Wildman–Crippen MR) is 81.5 cm³/mol. The zero-order valence-corrected chi connectivity index (χ0v) is 13.4. The van der Waals surface area contributed by atoms with Crippen LogP contribution in [0.5, 0.6) is 0 Å². The topological polar surface area (TPSA) is 104 Å². The van der Waals surface area contributed by atoms with E-state index in [1.807, 2.05) is 6.07 Å². The first-order valence-corrected chi connectivity index (χ1v) is 8.65. The lowest BCUT2D eigenvalue weighted by Crippen LogP contribution is -2.39. The number of primary amides is 1. The summed E-state index contributed by atoms with van der Waals surface area (Å²) >= 11 is 6.02. The smallest absolute Gasteiger partial charge is 0.244 e. The van der Waals surface area contributed by atoms with Crippen molar-refractivity contribution in [3.63, 3.8) is 0 Å². The maximum Gasteiger partial charge on any atom is 0.244 e. The molecule has 0 aromatic heterocycles. The highest BCUT2D eigenvalue weighted by atomic mass is 35.5. The largest absolute Gasteiger partial charge is 0.370 e. The number of carbonyl (C=O) groups excluding carboxylic acids is 1. The van der Waals surface area contributed by atoms with Crippen molar-refractivity contribution in [1.82, 2.24) is 4.31 Å². The van der Waals surface area contributed by atoms with E-state index in [4.69, 9.17) is 22.6 Å². The van der Waals surface area contributed by atoms with E-state index in [1.165, 1.54) is 22.5 Å². The highest BCUT2D eigenvalue weighted by molar-refractivity contribution is 7.89. The van der Waals surface area contributed by atoms with Gasteiger partial charge in [-0.25, -0.2) is 8.42 Å². The van der Waals surface area contributed by atoms with Crippen molar-refractivity contribution in [2.75, 3.05) is 13.1 Å². The van der Waals surface area contributed by atoms with Crippen LogP contribution in [0.15, 0.2) is 23.1 Å². The molecule has 0 atom stereocenters. The first-order chi connectivity index (χ1) is 10.4. The summed E-state index contributed by atoms with van der Waals surface area (Å²) in [6.45, 7) is 0.626. The maximum atomic E-state index is 12.6. The molecule has 118 valence electrons. The van der Waals surface area contributed by atoms with E-state index in [2.05, 4.69) is 0 Å². The summed E-state index contributed by atoms with van der Waals surface area (Å²) in [7, 11) is -3.74. The van der Waals surface area contributed by atoms with Crippen LogP contribution in [0, 0.1) is 17.2 Å². The fourth-order valence-electron chi connectivity index (χ4n) is 2.57. The van der Waals surface area contributed by atoms with Crippen molar-refractivity contribution in [3.05, 3.63) is 28.8 Å². The number of benzene rings is 1.